The van der Waals surface area contributed by atoms with E-state index < -0.39 is 24.4 Å². The summed E-state index contributed by atoms with van der Waals surface area (Å²) in [5.74, 6) is -0.502. The molecule has 1 aliphatic heterocycles. The molecular weight excluding hydrogens is 373 g/mol. The summed E-state index contributed by atoms with van der Waals surface area (Å²) < 4.78 is 44.8. The van der Waals surface area contributed by atoms with Crippen LogP contribution in [-0.2, 0) is 6.54 Å². The summed E-state index contributed by atoms with van der Waals surface area (Å²) in [5, 5.41) is 9.28. The summed E-state index contributed by atoms with van der Waals surface area (Å²) in [6.45, 7) is 0.337. The van der Waals surface area contributed by atoms with Crippen molar-refractivity contribution in [3.05, 3.63) is 51.7 Å². The van der Waals surface area contributed by atoms with E-state index >= 15 is 0 Å². The monoisotopic (exact) mass is 392 g/mol. The van der Waals surface area contributed by atoms with Crippen LogP contribution in [0.5, 0.6) is 5.75 Å². The number of halogens is 3. The average molecular weight is 392 g/mol. The van der Waals surface area contributed by atoms with Gasteiger partial charge in [0, 0.05) is 13.1 Å². The molecule has 0 bridgehead atoms. The molecule has 2 aromatic rings. The smallest absolute Gasteiger partial charge is 0.297 e. The lowest BCUT2D eigenvalue weighted by atomic mass is 10.1. The van der Waals surface area contributed by atoms with E-state index in [1.165, 1.54) is 16.7 Å². The zero-order valence-electron chi connectivity index (χ0n) is 15.1. The summed E-state index contributed by atoms with van der Waals surface area (Å²) in [4.78, 5) is 19.1. The minimum Gasteiger partial charge on any atom is -0.481 e. The Balaban J connectivity index is 2.04. The zero-order chi connectivity index (χ0) is 20.1. The van der Waals surface area contributed by atoms with Crippen LogP contribution < -0.4 is 15.2 Å². The summed E-state index contributed by atoms with van der Waals surface area (Å²) in [7, 11) is 0. The van der Waals surface area contributed by atoms with E-state index in [2.05, 4.69) is 4.98 Å². The summed E-state index contributed by atoms with van der Waals surface area (Å²) in [6, 6.07) is 5.65. The number of nitrogens with zero attached hydrogens (tertiary/aromatic N) is 4. The first-order chi connectivity index (χ1) is 13.5. The molecule has 1 aromatic carbocycles. The third-order valence-electron chi connectivity index (χ3n) is 4.51. The Morgan fingerprint density at radius 1 is 1.25 bits per heavy atom. The van der Waals surface area contributed by atoms with Gasteiger partial charge in [0.25, 0.3) is 12.0 Å². The van der Waals surface area contributed by atoms with E-state index in [0.29, 0.717) is 24.6 Å². The fourth-order valence-electron chi connectivity index (χ4n) is 3.18. The van der Waals surface area contributed by atoms with Crippen LogP contribution in [0.25, 0.3) is 0 Å². The third kappa shape index (κ3) is 4.44. The van der Waals surface area contributed by atoms with Gasteiger partial charge in [-0.25, -0.2) is 18.2 Å². The highest BCUT2D eigenvalue weighted by atomic mass is 19.3. The predicted molar refractivity (Wildman–Crippen MR) is 96.3 cm³/mol. The molecule has 9 heteroatoms. The standard InChI is InChI=1S/C19H19F3N4O2/c20-15-5-4-13(9-23)14(8-15)11-26-18(27)16(28-12-17(21)22)10-24-19(26)25-6-2-1-3-7-25/h4-5,8,10,17H,1-3,6-7,11-12H2. The van der Waals surface area contributed by atoms with Crippen molar-refractivity contribution < 1.29 is 17.9 Å². The highest BCUT2D eigenvalue weighted by Gasteiger charge is 2.21. The van der Waals surface area contributed by atoms with Gasteiger partial charge in [0.2, 0.25) is 11.7 Å². The number of hydrogen-bond acceptors (Lipinski definition) is 5. The lowest BCUT2D eigenvalue weighted by Gasteiger charge is -2.29. The van der Waals surface area contributed by atoms with Gasteiger partial charge in [0.1, 0.15) is 12.4 Å². The Morgan fingerprint density at radius 3 is 2.68 bits per heavy atom. The van der Waals surface area contributed by atoms with Gasteiger partial charge in [-0.15, -0.1) is 0 Å². The molecule has 0 amide bonds. The molecule has 3 rings (SSSR count). The summed E-state index contributed by atoms with van der Waals surface area (Å²) in [6.07, 6.45) is 1.34. The van der Waals surface area contributed by atoms with E-state index in [1.807, 2.05) is 11.0 Å². The van der Waals surface area contributed by atoms with Gasteiger partial charge in [-0.1, -0.05) is 0 Å². The quantitative estimate of drug-likeness (QED) is 0.756. The first-order valence-electron chi connectivity index (χ1n) is 8.94. The molecule has 0 spiro atoms. The zero-order valence-corrected chi connectivity index (χ0v) is 15.1. The molecule has 148 valence electrons. The van der Waals surface area contributed by atoms with E-state index in [-0.39, 0.29) is 17.9 Å². The largest absolute Gasteiger partial charge is 0.481 e. The Morgan fingerprint density at radius 2 is 2.00 bits per heavy atom. The van der Waals surface area contributed by atoms with Crippen molar-refractivity contribution >= 4 is 5.95 Å². The topological polar surface area (TPSA) is 71.2 Å². The molecule has 1 fully saturated rings. The SMILES string of the molecule is N#Cc1ccc(F)cc1Cn1c(N2CCCCC2)ncc(OCC(F)F)c1=O. The minimum atomic E-state index is -2.73. The highest BCUT2D eigenvalue weighted by molar-refractivity contribution is 5.41. The highest BCUT2D eigenvalue weighted by Crippen LogP contribution is 2.20. The number of piperidine rings is 1. The summed E-state index contributed by atoms with van der Waals surface area (Å²) >= 11 is 0. The maximum absolute atomic E-state index is 13.7. The number of hydrogen-bond donors (Lipinski definition) is 0. The van der Waals surface area contributed by atoms with Gasteiger partial charge in [-0.2, -0.15) is 5.26 Å². The Bertz CT molecular complexity index is 934. The second kappa shape index (κ2) is 8.78. The number of alkyl halides is 2. The number of benzene rings is 1. The number of anilines is 1. The molecule has 0 N–H and O–H groups in total. The van der Waals surface area contributed by atoms with E-state index in [0.717, 1.165) is 31.5 Å². The van der Waals surface area contributed by atoms with Gasteiger partial charge in [0.15, 0.2) is 0 Å². The molecule has 28 heavy (non-hydrogen) atoms. The molecule has 2 heterocycles. The van der Waals surface area contributed by atoms with Crippen LogP contribution >= 0.6 is 0 Å². The van der Waals surface area contributed by atoms with Crippen LogP contribution in [0.15, 0.2) is 29.2 Å². The van der Waals surface area contributed by atoms with Gasteiger partial charge in [-0.3, -0.25) is 9.36 Å². The van der Waals surface area contributed by atoms with Crippen LogP contribution in [0.3, 0.4) is 0 Å². The van der Waals surface area contributed by atoms with Crippen molar-refractivity contribution in [3.8, 4) is 11.8 Å². The van der Waals surface area contributed by atoms with Crippen molar-refractivity contribution in [2.75, 3.05) is 24.6 Å². The van der Waals surface area contributed by atoms with Gasteiger partial charge in [0.05, 0.1) is 24.4 Å². The molecule has 1 aromatic heterocycles. The molecule has 0 unspecified atom stereocenters. The fraction of sp³-hybridized carbons (Fsp3) is 0.421. The Labute approximate surface area is 159 Å². The molecule has 6 nitrogen and oxygen atoms in total. The third-order valence-corrected chi connectivity index (χ3v) is 4.51. The first-order valence-corrected chi connectivity index (χ1v) is 8.94. The fourth-order valence-corrected chi connectivity index (χ4v) is 3.18. The van der Waals surface area contributed by atoms with E-state index in [1.54, 1.807) is 0 Å². The lowest BCUT2D eigenvalue weighted by Crippen LogP contribution is -2.37. The molecule has 0 saturated carbocycles. The van der Waals surface area contributed by atoms with Crippen molar-refractivity contribution in [1.29, 1.82) is 5.26 Å². The Kier molecular flexibility index (Phi) is 6.19. The van der Waals surface area contributed by atoms with E-state index in [4.69, 9.17) is 4.74 Å². The van der Waals surface area contributed by atoms with Crippen LogP contribution in [0, 0.1) is 17.1 Å². The normalized spacial score (nSPS) is 14.2. The predicted octanol–water partition coefficient (Wildman–Crippen LogP) is 2.94. The van der Waals surface area contributed by atoms with Gasteiger partial charge < -0.3 is 9.64 Å². The lowest BCUT2D eigenvalue weighted by molar-refractivity contribution is 0.0807. The maximum Gasteiger partial charge on any atom is 0.297 e. The molecular formula is C19H19F3N4O2. The van der Waals surface area contributed by atoms with Crippen molar-refractivity contribution in [2.24, 2.45) is 0 Å². The van der Waals surface area contributed by atoms with Crippen molar-refractivity contribution in [3.63, 3.8) is 0 Å². The van der Waals surface area contributed by atoms with Crippen LogP contribution in [0.2, 0.25) is 0 Å². The number of nitriles is 1. The van der Waals surface area contributed by atoms with Crippen molar-refractivity contribution in [2.45, 2.75) is 32.2 Å². The van der Waals surface area contributed by atoms with Crippen LogP contribution in [0.4, 0.5) is 19.1 Å². The second-order valence-corrected chi connectivity index (χ2v) is 6.48. The van der Waals surface area contributed by atoms with Crippen molar-refractivity contribution in [1.82, 2.24) is 9.55 Å². The van der Waals surface area contributed by atoms with E-state index in [9.17, 15) is 23.2 Å². The minimum absolute atomic E-state index is 0.121. The molecule has 0 atom stereocenters. The number of ether oxygens (including phenoxy) is 1. The molecule has 1 aliphatic rings. The van der Waals surface area contributed by atoms with Gasteiger partial charge in [-0.05, 0) is 43.0 Å². The van der Waals surface area contributed by atoms with Crippen LogP contribution in [0.1, 0.15) is 30.4 Å². The number of rotatable bonds is 6. The Hall–Kier alpha value is -3.02. The number of aromatic nitrogens is 2. The maximum atomic E-state index is 13.7. The second-order valence-electron chi connectivity index (χ2n) is 6.48. The van der Waals surface area contributed by atoms with Crippen LogP contribution in [-0.4, -0.2) is 35.7 Å². The first kappa shape index (κ1) is 19.7. The molecule has 0 radical (unpaired) electrons. The average Bonchev–Trinajstić information content (AvgIpc) is 2.69. The van der Waals surface area contributed by atoms with Gasteiger partial charge >= 0.3 is 0 Å². The summed E-state index contributed by atoms with van der Waals surface area (Å²) in [5.41, 5.74) is -0.128. The molecule has 1 saturated heterocycles. The molecule has 0 aliphatic carbocycles.